The summed E-state index contributed by atoms with van der Waals surface area (Å²) in [6, 6.07) is 22.7. The van der Waals surface area contributed by atoms with Gasteiger partial charge in [-0.15, -0.1) is 0 Å². The monoisotopic (exact) mass is 484 g/mol. The molecule has 1 fully saturated rings. The maximum atomic E-state index is 13.4. The van der Waals surface area contributed by atoms with Gasteiger partial charge < -0.3 is 14.6 Å². The highest BCUT2D eigenvalue weighted by Gasteiger charge is 2.26. The van der Waals surface area contributed by atoms with Gasteiger partial charge in [0.1, 0.15) is 5.82 Å². The lowest BCUT2D eigenvalue weighted by molar-refractivity contribution is -0.117. The molecule has 0 radical (unpaired) electrons. The first-order chi connectivity index (χ1) is 17.6. The molecule has 8 heteroatoms. The lowest BCUT2D eigenvalue weighted by atomic mass is 10.1. The van der Waals surface area contributed by atoms with Crippen molar-refractivity contribution in [3.05, 3.63) is 96.4 Å². The fraction of sp³-hybridized carbons (Fsp3) is 0.179. The van der Waals surface area contributed by atoms with Gasteiger partial charge in [0.15, 0.2) is 5.76 Å². The third-order valence-corrected chi connectivity index (χ3v) is 6.11. The van der Waals surface area contributed by atoms with Gasteiger partial charge in [0, 0.05) is 43.0 Å². The van der Waals surface area contributed by atoms with Gasteiger partial charge in [-0.1, -0.05) is 42.5 Å². The molecule has 1 N–H and O–H groups in total. The Kier molecular flexibility index (Phi) is 6.86. The van der Waals surface area contributed by atoms with E-state index in [-0.39, 0.29) is 24.2 Å². The number of carbonyl (C=O) groups excluding carboxylic acids is 2. The summed E-state index contributed by atoms with van der Waals surface area (Å²) >= 11 is 0. The third kappa shape index (κ3) is 5.34. The van der Waals surface area contributed by atoms with Crippen molar-refractivity contribution in [3.63, 3.8) is 0 Å². The minimum Gasteiger partial charge on any atom is -0.436 e. The van der Waals surface area contributed by atoms with Gasteiger partial charge in [-0.25, -0.2) is 9.37 Å². The van der Waals surface area contributed by atoms with Crippen LogP contribution in [0.25, 0.3) is 22.8 Å². The maximum absolute atomic E-state index is 13.4. The number of hydrogen-bond acceptors (Lipinski definition) is 5. The molecule has 3 aromatic carbocycles. The minimum atomic E-state index is -0.352. The summed E-state index contributed by atoms with van der Waals surface area (Å²) < 4.78 is 19.0. The van der Waals surface area contributed by atoms with Crippen LogP contribution in [0.2, 0.25) is 0 Å². The number of piperazine rings is 1. The molecule has 0 bridgehead atoms. The largest absolute Gasteiger partial charge is 0.436 e. The highest BCUT2D eigenvalue weighted by atomic mass is 19.1. The van der Waals surface area contributed by atoms with Crippen LogP contribution >= 0.6 is 0 Å². The van der Waals surface area contributed by atoms with Crippen molar-refractivity contribution in [2.45, 2.75) is 0 Å². The second-order valence-electron chi connectivity index (χ2n) is 8.56. The standard InChI is InChI=1S/C28H25FN4O3/c29-21-10-12-22(13-11-21)31-26(34)19-32-14-16-33(17-15-32)28(35)24-9-5-4-8-23(24)27-30-18-25(36-27)20-6-2-1-3-7-20/h1-13,18H,14-17,19H2,(H,31,34). The summed E-state index contributed by atoms with van der Waals surface area (Å²) in [6.07, 6.45) is 1.67. The summed E-state index contributed by atoms with van der Waals surface area (Å²) in [5.41, 5.74) is 2.64. The number of amides is 2. The number of oxazole rings is 1. The number of rotatable bonds is 6. The number of nitrogens with one attached hydrogen (secondary N) is 1. The Balaban J connectivity index is 1.21. The quantitative estimate of drug-likeness (QED) is 0.435. The number of aromatic nitrogens is 1. The van der Waals surface area contributed by atoms with Crippen LogP contribution in [0.1, 0.15) is 10.4 Å². The van der Waals surface area contributed by atoms with Crippen molar-refractivity contribution < 1.29 is 18.4 Å². The molecule has 182 valence electrons. The van der Waals surface area contributed by atoms with Crippen molar-refractivity contribution >= 4 is 17.5 Å². The third-order valence-electron chi connectivity index (χ3n) is 6.11. The molecular formula is C28H25FN4O3. The first-order valence-corrected chi connectivity index (χ1v) is 11.7. The number of nitrogens with zero attached hydrogens (tertiary/aromatic N) is 3. The van der Waals surface area contributed by atoms with E-state index in [1.54, 1.807) is 17.2 Å². The van der Waals surface area contributed by atoms with Gasteiger partial charge in [-0.05, 0) is 36.4 Å². The molecule has 4 aromatic rings. The van der Waals surface area contributed by atoms with E-state index >= 15 is 0 Å². The fourth-order valence-electron chi connectivity index (χ4n) is 4.21. The molecule has 0 atom stereocenters. The van der Waals surface area contributed by atoms with Gasteiger partial charge >= 0.3 is 0 Å². The van der Waals surface area contributed by atoms with E-state index in [2.05, 4.69) is 10.3 Å². The molecule has 1 aliphatic rings. The fourth-order valence-corrected chi connectivity index (χ4v) is 4.21. The van der Waals surface area contributed by atoms with Gasteiger partial charge in [0.25, 0.3) is 5.91 Å². The van der Waals surface area contributed by atoms with Crippen LogP contribution in [0.3, 0.4) is 0 Å². The average Bonchev–Trinajstić information content (AvgIpc) is 3.41. The van der Waals surface area contributed by atoms with Gasteiger partial charge in [0.05, 0.1) is 18.3 Å². The second kappa shape index (κ2) is 10.5. The van der Waals surface area contributed by atoms with E-state index in [9.17, 15) is 14.0 Å². The second-order valence-corrected chi connectivity index (χ2v) is 8.56. The molecule has 1 aromatic heterocycles. The van der Waals surface area contributed by atoms with Gasteiger partial charge in [-0.2, -0.15) is 0 Å². The average molecular weight is 485 g/mol. The van der Waals surface area contributed by atoms with Crippen molar-refractivity contribution in [3.8, 4) is 22.8 Å². The minimum absolute atomic E-state index is 0.0968. The summed E-state index contributed by atoms with van der Waals surface area (Å²) in [5, 5.41) is 2.77. The van der Waals surface area contributed by atoms with Crippen LogP contribution in [0.4, 0.5) is 10.1 Å². The summed E-state index contributed by atoms with van der Waals surface area (Å²) in [5.74, 6) is 0.412. The van der Waals surface area contributed by atoms with Gasteiger partial charge in [-0.3, -0.25) is 14.5 Å². The molecule has 0 spiro atoms. The van der Waals surface area contributed by atoms with E-state index in [0.717, 1.165) is 5.56 Å². The van der Waals surface area contributed by atoms with Crippen molar-refractivity contribution in [1.82, 2.24) is 14.8 Å². The van der Waals surface area contributed by atoms with Crippen LogP contribution in [0, 0.1) is 5.82 Å². The zero-order chi connectivity index (χ0) is 24.9. The van der Waals surface area contributed by atoms with E-state index in [4.69, 9.17) is 4.42 Å². The van der Waals surface area contributed by atoms with Crippen molar-refractivity contribution in [2.24, 2.45) is 0 Å². The Hall–Kier alpha value is -4.30. The Labute approximate surface area is 208 Å². The predicted molar refractivity (Wildman–Crippen MR) is 135 cm³/mol. The normalized spacial score (nSPS) is 14.0. The summed E-state index contributed by atoms with van der Waals surface area (Å²) in [4.78, 5) is 34.0. The highest BCUT2D eigenvalue weighted by molar-refractivity contribution is 6.00. The SMILES string of the molecule is O=C(CN1CCN(C(=O)c2ccccc2-c2ncc(-c3ccccc3)o2)CC1)Nc1ccc(F)cc1. The highest BCUT2D eigenvalue weighted by Crippen LogP contribution is 2.29. The predicted octanol–water partition coefficient (Wildman–Crippen LogP) is 4.54. The Morgan fingerprint density at radius 1 is 0.889 bits per heavy atom. The van der Waals surface area contributed by atoms with Crippen LogP contribution in [-0.2, 0) is 4.79 Å². The van der Waals surface area contributed by atoms with Crippen LogP contribution in [0.15, 0.2) is 89.5 Å². The molecule has 1 saturated heterocycles. The Morgan fingerprint density at radius 3 is 2.33 bits per heavy atom. The number of hydrogen-bond donors (Lipinski definition) is 1. The first-order valence-electron chi connectivity index (χ1n) is 11.7. The van der Waals surface area contributed by atoms with Crippen LogP contribution in [0.5, 0.6) is 0 Å². The molecule has 7 nitrogen and oxygen atoms in total. The molecule has 1 aliphatic heterocycles. The molecule has 2 amide bonds. The van der Waals surface area contributed by atoms with E-state index in [1.807, 2.05) is 53.4 Å². The molecule has 0 aliphatic carbocycles. The van der Waals surface area contributed by atoms with Gasteiger partial charge in [0.2, 0.25) is 11.8 Å². The lowest BCUT2D eigenvalue weighted by Crippen LogP contribution is -2.50. The number of halogens is 1. The van der Waals surface area contributed by atoms with Crippen LogP contribution in [-0.4, -0.2) is 59.3 Å². The zero-order valence-corrected chi connectivity index (χ0v) is 19.6. The first kappa shape index (κ1) is 23.4. The van der Waals surface area contributed by atoms with E-state index in [1.165, 1.54) is 24.3 Å². The van der Waals surface area contributed by atoms with E-state index in [0.29, 0.717) is 54.6 Å². The molecule has 0 unspecified atom stereocenters. The molecular weight excluding hydrogens is 459 g/mol. The Morgan fingerprint density at radius 2 is 1.58 bits per heavy atom. The zero-order valence-electron chi connectivity index (χ0n) is 19.6. The molecule has 5 rings (SSSR count). The van der Waals surface area contributed by atoms with Crippen molar-refractivity contribution in [2.75, 3.05) is 38.0 Å². The lowest BCUT2D eigenvalue weighted by Gasteiger charge is -2.34. The molecule has 0 saturated carbocycles. The Bertz CT molecular complexity index is 1350. The number of carbonyl (C=O) groups is 2. The maximum Gasteiger partial charge on any atom is 0.254 e. The molecule has 2 heterocycles. The van der Waals surface area contributed by atoms with E-state index < -0.39 is 0 Å². The topological polar surface area (TPSA) is 78.7 Å². The molecule has 36 heavy (non-hydrogen) atoms. The number of anilines is 1. The van der Waals surface area contributed by atoms with Crippen LogP contribution < -0.4 is 5.32 Å². The summed E-state index contributed by atoms with van der Waals surface area (Å²) in [7, 11) is 0. The number of benzene rings is 3. The smallest absolute Gasteiger partial charge is 0.254 e. The summed E-state index contributed by atoms with van der Waals surface area (Å²) in [6.45, 7) is 2.34. The van der Waals surface area contributed by atoms with Crippen molar-refractivity contribution in [1.29, 1.82) is 0 Å².